The van der Waals surface area contributed by atoms with E-state index in [1.807, 2.05) is 55.5 Å². The van der Waals surface area contributed by atoms with Crippen molar-refractivity contribution in [1.82, 2.24) is 0 Å². The lowest BCUT2D eigenvalue weighted by Crippen LogP contribution is -2.21. The third-order valence-corrected chi connectivity index (χ3v) is 4.22. The highest BCUT2D eigenvalue weighted by Gasteiger charge is 2.15. The Labute approximate surface area is 159 Å². The van der Waals surface area contributed by atoms with Gasteiger partial charge in [0.2, 0.25) is 5.91 Å². The monoisotopic (exact) mass is 370 g/mol. The van der Waals surface area contributed by atoms with Crippen LogP contribution >= 0.6 is 0 Å². The molecule has 6 heteroatoms. The molecule has 1 amide bonds. The van der Waals surface area contributed by atoms with Crippen molar-refractivity contribution in [3.63, 3.8) is 0 Å². The van der Waals surface area contributed by atoms with E-state index in [4.69, 9.17) is 14.2 Å². The van der Waals surface area contributed by atoms with Gasteiger partial charge in [-0.15, -0.1) is 0 Å². The second-order valence-electron chi connectivity index (χ2n) is 6.33. The molecule has 1 atom stereocenters. The zero-order chi connectivity index (χ0) is 18.9. The number of rotatable bonds is 9. The topological polar surface area (TPSA) is 68.8 Å². The fourth-order valence-electron chi connectivity index (χ4n) is 2.82. The molecular weight excluding hydrogens is 344 g/mol. The third-order valence-electron chi connectivity index (χ3n) is 4.22. The fourth-order valence-corrected chi connectivity index (χ4v) is 2.82. The van der Waals surface area contributed by atoms with Crippen molar-refractivity contribution in [3.05, 3.63) is 48.5 Å². The van der Waals surface area contributed by atoms with Crippen LogP contribution in [0.25, 0.3) is 0 Å². The molecule has 27 heavy (non-hydrogen) atoms. The maximum absolute atomic E-state index is 12.1. The van der Waals surface area contributed by atoms with E-state index < -0.39 is 0 Å². The van der Waals surface area contributed by atoms with Crippen molar-refractivity contribution in [3.8, 4) is 11.5 Å². The molecule has 1 aliphatic rings. The summed E-state index contributed by atoms with van der Waals surface area (Å²) in [7, 11) is 0. The summed E-state index contributed by atoms with van der Waals surface area (Å²) in [5.74, 6) is 1.48. The van der Waals surface area contributed by atoms with Gasteiger partial charge in [-0.25, -0.2) is 0 Å². The summed E-state index contributed by atoms with van der Waals surface area (Å²) < 4.78 is 16.7. The van der Waals surface area contributed by atoms with Gasteiger partial charge in [0.1, 0.15) is 18.1 Å². The lowest BCUT2D eigenvalue weighted by Gasteiger charge is -2.12. The SMILES string of the molecule is CCOc1ccc(NC(=O)CNc2ccc(OCC3CCCO3)cc2)cc1. The zero-order valence-corrected chi connectivity index (χ0v) is 15.6. The minimum Gasteiger partial charge on any atom is -0.494 e. The molecule has 0 aromatic heterocycles. The third kappa shape index (κ3) is 6.18. The molecule has 2 aromatic carbocycles. The highest BCUT2D eigenvalue weighted by atomic mass is 16.5. The van der Waals surface area contributed by atoms with E-state index in [1.165, 1.54) is 0 Å². The summed E-state index contributed by atoms with van der Waals surface area (Å²) in [6, 6.07) is 14.9. The first-order valence-electron chi connectivity index (χ1n) is 9.34. The second kappa shape index (κ2) is 9.83. The first-order valence-corrected chi connectivity index (χ1v) is 9.34. The van der Waals surface area contributed by atoms with Crippen LogP contribution in [0.5, 0.6) is 11.5 Å². The van der Waals surface area contributed by atoms with Gasteiger partial charge in [0.05, 0.1) is 19.3 Å². The van der Waals surface area contributed by atoms with Gasteiger partial charge in [-0.2, -0.15) is 0 Å². The number of carbonyl (C=O) groups excluding carboxylic acids is 1. The van der Waals surface area contributed by atoms with E-state index in [0.717, 1.165) is 42.3 Å². The number of hydrogen-bond acceptors (Lipinski definition) is 5. The van der Waals surface area contributed by atoms with Crippen LogP contribution in [0.2, 0.25) is 0 Å². The van der Waals surface area contributed by atoms with E-state index >= 15 is 0 Å². The highest BCUT2D eigenvalue weighted by molar-refractivity contribution is 5.93. The summed E-state index contributed by atoms with van der Waals surface area (Å²) in [5, 5.41) is 5.95. The maximum atomic E-state index is 12.1. The number of hydrogen-bond donors (Lipinski definition) is 2. The average molecular weight is 370 g/mol. The summed E-state index contributed by atoms with van der Waals surface area (Å²) >= 11 is 0. The number of carbonyl (C=O) groups is 1. The largest absolute Gasteiger partial charge is 0.494 e. The molecule has 0 spiro atoms. The Kier molecular flexibility index (Phi) is 6.93. The van der Waals surface area contributed by atoms with Crippen LogP contribution in [0.3, 0.4) is 0 Å². The van der Waals surface area contributed by atoms with Crippen LogP contribution in [0, 0.1) is 0 Å². The number of ether oxygens (including phenoxy) is 3. The minimum absolute atomic E-state index is 0.113. The van der Waals surface area contributed by atoms with Crippen molar-refractivity contribution in [2.45, 2.75) is 25.9 Å². The fraction of sp³-hybridized carbons (Fsp3) is 0.381. The minimum atomic E-state index is -0.113. The molecule has 6 nitrogen and oxygen atoms in total. The summed E-state index contributed by atoms with van der Waals surface area (Å²) in [5.41, 5.74) is 1.60. The molecule has 1 saturated heterocycles. The van der Waals surface area contributed by atoms with Gasteiger partial charge in [0.25, 0.3) is 0 Å². The summed E-state index contributed by atoms with van der Waals surface area (Å²) in [4.78, 5) is 12.1. The Morgan fingerprint density at radius 1 is 1.04 bits per heavy atom. The Balaban J connectivity index is 1.40. The summed E-state index contributed by atoms with van der Waals surface area (Å²) in [6.07, 6.45) is 2.37. The van der Waals surface area contributed by atoms with Crippen LogP contribution in [-0.2, 0) is 9.53 Å². The van der Waals surface area contributed by atoms with Crippen LogP contribution in [0.1, 0.15) is 19.8 Å². The summed E-state index contributed by atoms with van der Waals surface area (Å²) in [6.45, 7) is 4.15. The molecule has 1 heterocycles. The van der Waals surface area contributed by atoms with E-state index in [0.29, 0.717) is 13.2 Å². The van der Waals surface area contributed by atoms with Crippen molar-refractivity contribution in [1.29, 1.82) is 0 Å². The average Bonchev–Trinajstić information content (AvgIpc) is 3.21. The van der Waals surface area contributed by atoms with E-state index in [-0.39, 0.29) is 18.6 Å². The number of nitrogens with one attached hydrogen (secondary N) is 2. The lowest BCUT2D eigenvalue weighted by atomic mass is 10.2. The Morgan fingerprint density at radius 3 is 2.33 bits per heavy atom. The molecular formula is C21H26N2O4. The molecule has 2 N–H and O–H groups in total. The molecule has 0 bridgehead atoms. The van der Waals surface area contributed by atoms with Gasteiger partial charge >= 0.3 is 0 Å². The second-order valence-corrected chi connectivity index (χ2v) is 6.33. The highest BCUT2D eigenvalue weighted by Crippen LogP contribution is 2.19. The lowest BCUT2D eigenvalue weighted by molar-refractivity contribution is -0.114. The van der Waals surface area contributed by atoms with E-state index in [9.17, 15) is 4.79 Å². The normalized spacial score (nSPS) is 16.0. The van der Waals surface area contributed by atoms with Crippen molar-refractivity contribution < 1.29 is 19.0 Å². The molecule has 1 aliphatic heterocycles. The molecule has 1 fully saturated rings. The molecule has 1 unspecified atom stereocenters. The van der Waals surface area contributed by atoms with Gasteiger partial charge in [-0.05, 0) is 68.3 Å². The molecule has 0 saturated carbocycles. The Morgan fingerprint density at radius 2 is 1.70 bits per heavy atom. The van der Waals surface area contributed by atoms with Crippen LogP contribution in [0.15, 0.2) is 48.5 Å². The molecule has 144 valence electrons. The number of anilines is 2. The van der Waals surface area contributed by atoms with E-state index in [1.54, 1.807) is 0 Å². The molecule has 3 rings (SSSR count). The maximum Gasteiger partial charge on any atom is 0.243 e. The Bertz CT molecular complexity index is 710. The smallest absolute Gasteiger partial charge is 0.243 e. The predicted molar refractivity (Wildman–Crippen MR) is 106 cm³/mol. The van der Waals surface area contributed by atoms with Gasteiger partial charge in [-0.1, -0.05) is 0 Å². The molecule has 0 aliphatic carbocycles. The van der Waals surface area contributed by atoms with Gasteiger partial charge in [0, 0.05) is 18.0 Å². The number of benzene rings is 2. The standard InChI is InChI=1S/C21H26N2O4/c1-2-25-18-11-7-17(8-12-18)23-21(24)14-22-16-5-9-19(10-6-16)27-15-20-4-3-13-26-20/h5-12,20,22H,2-4,13-15H2,1H3,(H,23,24). The first kappa shape index (κ1) is 19.0. The Hall–Kier alpha value is -2.73. The number of amides is 1. The van der Waals surface area contributed by atoms with Gasteiger partial charge in [-0.3, -0.25) is 4.79 Å². The molecule has 2 aromatic rings. The van der Waals surface area contributed by atoms with Crippen LogP contribution in [-0.4, -0.2) is 38.4 Å². The molecule has 0 radical (unpaired) electrons. The van der Waals surface area contributed by atoms with Crippen molar-refractivity contribution in [2.75, 3.05) is 37.0 Å². The van der Waals surface area contributed by atoms with Crippen LogP contribution in [0.4, 0.5) is 11.4 Å². The first-order chi connectivity index (χ1) is 13.2. The zero-order valence-electron chi connectivity index (χ0n) is 15.6. The van der Waals surface area contributed by atoms with Gasteiger partial charge < -0.3 is 24.8 Å². The van der Waals surface area contributed by atoms with Crippen molar-refractivity contribution in [2.24, 2.45) is 0 Å². The van der Waals surface area contributed by atoms with Crippen LogP contribution < -0.4 is 20.1 Å². The quantitative estimate of drug-likeness (QED) is 0.704. The van der Waals surface area contributed by atoms with E-state index in [2.05, 4.69) is 10.6 Å². The van der Waals surface area contributed by atoms with Crippen molar-refractivity contribution >= 4 is 17.3 Å². The predicted octanol–water partition coefficient (Wildman–Crippen LogP) is 3.69. The van der Waals surface area contributed by atoms with Gasteiger partial charge in [0.15, 0.2) is 0 Å².